The van der Waals surface area contributed by atoms with Gasteiger partial charge in [0.15, 0.2) is 0 Å². The van der Waals surface area contributed by atoms with E-state index < -0.39 is 28.5 Å². The van der Waals surface area contributed by atoms with Gasteiger partial charge in [0, 0.05) is 24.5 Å². The first-order valence-corrected chi connectivity index (χ1v) is 15.9. The molecule has 0 radical (unpaired) electrons. The number of anilines is 1. The molecule has 7 nitrogen and oxygen atoms in total. The number of benzene rings is 4. The summed E-state index contributed by atoms with van der Waals surface area (Å²) in [6.07, 6.45) is 0.244. The Morgan fingerprint density at radius 2 is 1.42 bits per heavy atom. The van der Waals surface area contributed by atoms with Crippen LogP contribution in [0, 0.1) is 13.8 Å². The second kappa shape index (κ2) is 14.4. The van der Waals surface area contributed by atoms with Crippen molar-refractivity contribution in [2.75, 3.05) is 17.4 Å². The number of carbonyl (C=O) groups excluding carboxylic acids is 2. The molecule has 43 heavy (non-hydrogen) atoms. The number of sulfonamides is 1. The average molecular weight is 618 g/mol. The third-order valence-corrected chi connectivity index (χ3v) is 9.10. The summed E-state index contributed by atoms with van der Waals surface area (Å²) in [7, 11) is -4.14. The van der Waals surface area contributed by atoms with Crippen LogP contribution in [0.15, 0.2) is 108 Å². The number of hydrogen-bond donors (Lipinski definition) is 1. The monoisotopic (exact) mass is 617 g/mol. The van der Waals surface area contributed by atoms with Crippen molar-refractivity contribution in [3.63, 3.8) is 0 Å². The Morgan fingerprint density at radius 3 is 2.02 bits per heavy atom. The molecule has 0 heterocycles. The SMILES string of the molecule is CCNC(=O)C(Cc1ccccc1)N(Cc1cccc(Cl)c1)C(=O)CN(c1ccc(C)cc1)S(=O)(=O)c1ccc(C)cc1. The van der Waals surface area contributed by atoms with Gasteiger partial charge in [-0.25, -0.2) is 8.42 Å². The van der Waals surface area contributed by atoms with Crippen LogP contribution in [0.3, 0.4) is 0 Å². The molecule has 1 N–H and O–H groups in total. The second-order valence-corrected chi connectivity index (χ2v) is 12.7. The van der Waals surface area contributed by atoms with Crippen molar-refractivity contribution >= 4 is 39.1 Å². The normalized spacial score (nSPS) is 11.9. The Morgan fingerprint density at radius 1 is 0.814 bits per heavy atom. The molecule has 0 bridgehead atoms. The molecular formula is C34H36ClN3O4S. The van der Waals surface area contributed by atoms with Crippen LogP contribution in [-0.4, -0.2) is 44.3 Å². The van der Waals surface area contributed by atoms with E-state index in [2.05, 4.69) is 5.32 Å². The molecule has 0 fully saturated rings. The predicted octanol–water partition coefficient (Wildman–Crippen LogP) is 5.93. The Labute approximate surface area is 259 Å². The van der Waals surface area contributed by atoms with Gasteiger partial charge in [-0.2, -0.15) is 0 Å². The maximum Gasteiger partial charge on any atom is 0.264 e. The van der Waals surface area contributed by atoms with Crippen LogP contribution in [0.5, 0.6) is 0 Å². The van der Waals surface area contributed by atoms with E-state index in [4.69, 9.17) is 11.6 Å². The first-order valence-electron chi connectivity index (χ1n) is 14.1. The van der Waals surface area contributed by atoms with Gasteiger partial charge < -0.3 is 10.2 Å². The summed E-state index contributed by atoms with van der Waals surface area (Å²) in [4.78, 5) is 29.4. The van der Waals surface area contributed by atoms with E-state index in [9.17, 15) is 18.0 Å². The highest BCUT2D eigenvalue weighted by Gasteiger charge is 2.34. The fourth-order valence-electron chi connectivity index (χ4n) is 4.76. The van der Waals surface area contributed by atoms with Crippen LogP contribution in [0.2, 0.25) is 5.02 Å². The van der Waals surface area contributed by atoms with Crippen LogP contribution in [0.1, 0.15) is 29.2 Å². The van der Waals surface area contributed by atoms with Crippen LogP contribution < -0.4 is 9.62 Å². The van der Waals surface area contributed by atoms with E-state index in [0.29, 0.717) is 22.8 Å². The molecular weight excluding hydrogens is 582 g/mol. The van der Waals surface area contributed by atoms with Crippen molar-refractivity contribution in [2.24, 2.45) is 0 Å². The molecule has 1 atom stereocenters. The van der Waals surface area contributed by atoms with Gasteiger partial charge >= 0.3 is 0 Å². The minimum Gasteiger partial charge on any atom is -0.355 e. The first kappa shape index (κ1) is 31.8. The van der Waals surface area contributed by atoms with Gasteiger partial charge in [-0.05, 0) is 68.3 Å². The summed E-state index contributed by atoms with van der Waals surface area (Å²) in [5, 5.41) is 3.35. The lowest BCUT2D eigenvalue weighted by Crippen LogP contribution is -2.53. The molecule has 1 unspecified atom stereocenters. The standard InChI is InChI=1S/C34H36ClN3O4S/c1-4-36-34(40)32(22-27-9-6-5-7-10-27)37(23-28-11-8-12-29(35)21-28)33(39)24-38(30-17-13-25(2)14-18-30)43(41,42)31-19-15-26(3)16-20-31/h5-21,32H,4,22-24H2,1-3H3,(H,36,40). The number of rotatable bonds is 12. The van der Waals surface area contributed by atoms with Gasteiger partial charge in [0.2, 0.25) is 11.8 Å². The highest BCUT2D eigenvalue weighted by atomic mass is 35.5. The van der Waals surface area contributed by atoms with Crippen molar-refractivity contribution in [3.05, 3.63) is 130 Å². The summed E-state index contributed by atoms with van der Waals surface area (Å²) in [6.45, 7) is 5.51. The highest BCUT2D eigenvalue weighted by molar-refractivity contribution is 7.92. The van der Waals surface area contributed by atoms with E-state index in [1.54, 1.807) is 54.6 Å². The molecule has 0 aliphatic rings. The maximum absolute atomic E-state index is 14.4. The first-order chi connectivity index (χ1) is 20.6. The number of carbonyl (C=O) groups is 2. The van der Waals surface area contributed by atoms with Crippen molar-refractivity contribution in [2.45, 2.75) is 44.7 Å². The minimum atomic E-state index is -4.14. The van der Waals surface area contributed by atoms with E-state index in [-0.39, 0.29) is 23.8 Å². The summed E-state index contributed by atoms with van der Waals surface area (Å²) < 4.78 is 29.2. The number of hydrogen-bond acceptors (Lipinski definition) is 4. The number of nitrogens with zero attached hydrogens (tertiary/aromatic N) is 2. The molecule has 0 aliphatic carbocycles. The van der Waals surface area contributed by atoms with Crippen LogP contribution >= 0.6 is 11.6 Å². The van der Waals surface area contributed by atoms with E-state index in [1.165, 1.54) is 17.0 Å². The number of aryl methyl sites for hydroxylation is 2. The Balaban J connectivity index is 1.79. The quantitative estimate of drug-likeness (QED) is 0.214. The molecule has 0 aromatic heterocycles. The van der Waals surface area contributed by atoms with Crippen LogP contribution in [0.4, 0.5) is 5.69 Å². The third kappa shape index (κ3) is 8.24. The van der Waals surface area contributed by atoms with Crippen molar-refractivity contribution in [3.8, 4) is 0 Å². The number of likely N-dealkylation sites (N-methyl/N-ethyl adjacent to an activating group) is 1. The molecule has 4 aromatic carbocycles. The fraction of sp³-hybridized carbons (Fsp3) is 0.235. The molecule has 2 amide bonds. The van der Waals surface area contributed by atoms with Gasteiger partial charge in [0.1, 0.15) is 12.6 Å². The lowest BCUT2D eigenvalue weighted by molar-refractivity contribution is -0.140. The Kier molecular flexibility index (Phi) is 10.6. The van der Waals surface area contributed by atoms with Crippen molar-refractivity contribution in [1.29, 1.82) is 0 Å². The van der Waals surface area contributed by atoms with Crippen molar-refractivity contribution < 1.29 is 18.0 Å². The number of halogens is 1. The zero-order chi connectivity index (χ0) is 31.0. The summed E-state index contributed by atoms with van der Waals surface area (Å²) in [6, 6.07) is 29.1. The molecule has 4 aromatic rings. The van der Waals surface area contributed by atoms with Gasteiger partial charge in [-0.15, -0.1) is 0 Å². The van der Waals surface area contributed by atoms with Crippen LogP contribution in [-0.2, 0) is 32.6 Å². The highest BCUT2D eigenvalue weighted by Crippen LogP contribution is 2.26. The van der Waals surface area contributed by atoms with Crippen LogP contribution in [0.25, 0.3) is 0 Å². The Hall–Kier alpha value is -4.14. The zero-order valence-electron chi connectivity index (χ0n) is 24.5. The zero-order valence-corrected chi connectivity index (χ0v) is 26.1. The lowest BCUT2D eigenvalue weighted by Gasteiger charge is -2.34. The second-order valence-electron chi connectivity index (χ2n) is 10.4. The molecule has 4 rings (SSSR count). The molecule has 0 aliphatic heterocycles. The topological polar surface area (TPSA) is 86.8 Å². The van der Waals surface area contributed by atoms with Gasteiger partial charge in [0.25, 0.3) is 10.0 Å². The summed E-state index contributed by atoms with van der Waals surface area (Å²) in [5.41, 5.74) is 3.79. The maximum atomic E-state index is 14.4. The number of amides is 2. The molecule has 0 spiro atoms. The molecule has 9 heteroatoms. The summed E-state index contributed by atoms with van der Waals surface area (Å²) >= 11 is 6.28. The smallest absolute Gasteiger partial charge is 0.264 e. The largest absolute Gasteiger partial charge is 0.355 e. The third-order valence-electron chi connectivity index (χ3n) is 7.07. The number of nitrogens with one attached hydrogen (secondary N) is 1. The van der Waals surface area contributed by atoms with E-state index in [1.807, 2.05) is 57.2 Å². The minimum absolute atomic E-state index is 0.0559. The average Bonchev–Trinajstić information content (AvgIpc) is 2.99. The summed E-state index contributed by atoms with van der Waals surface area (Å²) in [5.74, 6) is -0.853. The van der Waals surface area contributed by atoms with Gasteiger partial charge in [-0.1, -0.05) is 89.5 Å². The van der Waals surface area contributed by atoms with Gasteiger partial charge in [0.05, 0.1) is 10.6 Å². The van der Waals surface area contributed by atoms with Gasteiger partial charge in [-0.3, -0.25) is 13.9 Å². The fourth-order valence-corrected chi connectivity index (χ4v) is 6.38. The van der Waals surface area contributed by atoms with E-state index in [0.717, 1.165) is 21.0 Å². The predicted molar refractivity (Wildman–Crippen MR) is 172 cm³/mol. The van der Waals surface area contributed by atoms with E-state index >= 15 is 0 Å². The molecule has 0 saturated heterocycles. The molecule has 0 saturated carbocycles. The van der Waals surface area contributed by atoms with Crippen molar-refractivity contribution in [1.82, 2.24) is 10.2 Å². The molecule has 224 valence electrons. The Bertz CT molecular complexity index is 1640. The lowest BCUT2D eigenvalue weighted by atomic mass is 10.0.